The lowest BCUT2D eigenvalue weighted by molar-refractivity contribution is -0.386. The van der Waals surface area contributed by atoms with Gasteiger partial charge in [0.15, 0.2) is 11.9 Å². The van der Waals surface area contributed by atoms with Crippen LogP contribution in [0, 0.1) is 10.1 Å². The standard InChI is InChI=1S/C25H18ClN3O6S/c1-15(34-20-12-6-4-10-18(20)29(32)33)24(30)28-27-14-16-8-2-5-11-19(16)35-25(31)23-22(26)17-9-3-7-13-21(17)36-23/h2-15H,1H3,(H,28,30)/b27-14+. The van der Waals surface area contributed by atoms with Gasteiger partial charge < -0.3 is 9.47 Å². The predicted octanol–water partition coefficient (Wildman–Crippen LogP) is 5.60. The van der Waals surface area contributed by atoms with Crippen molar-refractivity contribution >= 4 is 56.8 Å². The van der Waals surface area contributed by atoms with Crippen LogP contribution >= 0.6 is 22.9 Å². The second-order valence-corrected chi connectivity index (χ2v) is 8.82. The summed E-state index contributed by atoms with van der Waals surface area (Å²) in [6.07, 6.45) is 0.247. The minimum absolute atomic E-state index is 0.0358. The highest BCUT2D eigenvalue weighted by molar-refractivity contribution is 7.21. The van der Waals surface area contributed by atoms with Gasteiger partial charge in [0, 0.05) is 21.7 Å². The molecular formula is C25H18ClN3O6S. The van der Waals surface area contributed by atoms with Gasteiger partial charge in [-0.2, -0.15) is 5.10 Å². The average Bonchev–Trinajstić information content (AvgIpc) is 3.21. The van der Waals surface area contributed by atoms with Crippen molar-refractivity contribution in [1.29, 1.82) is 0 Å². The predicted molar refractivity (Wildman–Crippen MR) is 137 cm³/mol. The maximum Gasteiger partial charge on any atom is 0.355 e. The Balaban J connectivity index is 1.42. The van der Waals surface area contributed by atoms with Gasteiger partial charge in [-0.25, -0.2) is 10.2 Å². The van der Waals surface area contributed by atoms with E-state index in [2.05, 4.69) is 10.5 Å². The third kappa shape index (κ3) is 5.51. The molecule has 0 radical (unpaired) electrons. The molecule has 1 heterocycles. The van der Waals surface area contributed by atoms with E-state index in [1.165, 1.54) is 42.7 Å². The van der Waals surface area contributed by atoms with E-state index in [-0.39, 0.29) is 22.1 Å². The van der Waals surface area contributed by atoms with E-state index in [9.17, 15) is 19.7 Å². The highest BCUT2D eigenvalue weighted by Crippen LogP contribution is 2.36. The first kappa shape index (κ1) is 24.8. The molecule has 1 aromatic heterocycles. The van der Waals surface area contributed by atoms with Crippen LogP contribution in [-0.2, 0) is 4.79 Å². The maximum atomic E-state index is 12.8. The Hall–Kier alpha value is -4.28. The number of esters is 1. The van der Waals surface area contributed by atoms with Crippen molar-refractivity contribution in [2.45, 2.75) is 13.0 Å². The largest absolute Gasteiger partial charge is 0.474 e. The van der Waals surface area contributed by atoms with Gasteiger partial charge in [-0.15, -0.1) is 11.3 Å². The second kappa shape index (κ2) is 11.0. The molecule has 3 aromatic carbocycles. The number of carbonyl (C=O) groups is 2. The fraction of sp³-hybridized carbons (Fsp3) is 0.0800. The van der Waals surface area contributed by atoms with E-state index < -0.39 is 22.9 Å². The Morgan fingerprint density at radius 3 is 2.47 bits per heavy atom. The van der Waals surface area contributed by atoms with Crippen LogP contribution in [-0.4, -0.2) is 29.1 Å². The topological polar surface area (TPSA) is 120 Å². The Morgan fingerprint density at radius 1 is 1.06 bits per heavy atom. The summed E-state index contributed by atoms with van der Waals surface area (Å²) >= 11 is 7.61. The third-order valence-corrected chi connectivity index (χ3v) is 6.61. The lowest BCUT2D eigenvalue weighted by Crippen LogP contribution is -2.33. The number of rotatable bonds is 8. The van der Waals surface area contributed by atoms with Crippen molar-refractivity contribution in [3.63, 3.8) is 0 Å². The molecule has 9 nitrogen and oxygen atoms in total. The fourth-order valence-corrected chi connectivity index (χ4v) is 4.56. The van der Waals surface area contributed by atoms with Gasteiger partial charge in [-0.3, -0.25) is 14.9 Å². The van der Waals surface area contributed by atoms with Crippen LogP contribution in [0.5, 0.6) is 11.5 Å². The number of ether oxygens (including phenoxy) is 2. The molecular weight excluding hydrogens is 506 g/mol. The number of hydrazone groups is 1. The molecule has 4 rings (SSSR count). The molecule has 0 fully saturated rings. The SMILES string of the molecule is CC(Oc1ccccc1[N+](=O)[O-])C(=O)N/N=C/c1ccccc1OC(=O)c1sc2ccccc2c1Cl. The molecule has 0 aliphatic carbocycles. The number of nitro benzene ring substituents is 1. The molecule has 36 heavy (non-hydrogen) atoms. The molecule has 0 spiro atoms. The van der Waals surface area contributed by atoms with Crippen molar-refractivity contribution in [2.24, 2.45) is 5.10 Å². The number of thiophene rings is 1. The number of para-hydroxylation sites is 3. The zero-order valence-corrected chi connectivity index (χ0v) is 20.3. The van der Waals surface area contributed by atoms with Crippen LogP contribution < -0.4 is 14.9 Å². The van der Waals surface area contributed by atoms with Gasteiger partial charge >= 0.3 is 11.7 Å². The smallest absolute Gasteiger partial charge is 0.355 e. The first-order valence-electron chi connectivity index (χ1n) is 10.6. The number of nitrogens with zero attached hydrogens (tertiary/aromatic N) is 2. The van der Waals surface area contributed by atoms with E-state index in [0.29, 0.717) is 10.6 Å². The molecule has 0 saturated carbocycles. The maximum absolute atomic E-state index is 12.8. The molecule has 1 N–H and O–H groups in total. The van der Waals surface area contributed by atoms with Gasteiger partial charge in [0.05, 0.1) is 16.2 Å². The summed E-state index contributed by atoms with van der Waals surface area (Å²) in [5.41, 5.74) is 2.49. The van der Waals surface area contributed by atoms with Crippen LogP contribution in [0.25, 0.3) is 10.1 Å². The number of nitrogens with one attached hydrogen (secondary N) is 1. The Labute approximate surface area is 214 Å². The van der Waals surface area contributed by atoms with Crippen LogP contribution in [0.2, 0.25) is 5.02 Å². The molecule has 4 aromatic rings. The minimum atomic E-state index is -1.06. The summed E-state index contributed by atoms with van der Waals surface area (Å²) in [6.45, 7) is 1.44. The lowest BCUT2D eigenvalue weighted by Gasteiger charge is -2.12. The molecule has 182 valence electrons. The highest BCUT2D eigenvalue weighted by atomic mass is 35.5. The van der Waals surface area contributed by atoms with Crippen LogP contribution in [0.15, 0.2) is 77.9 Å². The lowest BCUT2D eigenvalue weighted by atomic mass is 10.2. The van der Waals surface area contributed by atoms with Gasteiger partial charge in [-0.1, -0.05) is 54.1 Å². The van der Waals surface area contributed by atoms with Crippen molar-refractivity contribution in [2.75, 3.05) is 0 Å². The van der Waals surface area contributed by atoms with Gasteiger partial charge in [0.25, 0.3) is 5.91 Å². The van der Waals surface area contributed by atoms with Crippen molar-refractivity contribution in [1.82, 2.24) is 5.43 Å². The van der Waals surface area contributed by atoms with E-state index in [0.717, 1.165) is 10.1 Å². The summed E-state index contributed by atoms with van der Waals surface area (Å²) in [4.78, 5) is 36.0. The van der Waals surface area contributed by atoms with E-state index >= 15 is 0 Å². The summed E-state index contributed by atoms with van der Waals surface area (Å²) < 4.78 is 11.8. The third-order valence-electron chi connectivity index (χ3n) is 4.96. The first-order chi connectivity index (χ1) is 17.3. The summed E-state index contributed by atoms with van der Waals surface area (Å²) in [6, 6.07) is 19.8. The number of hydrogen-bond donors (Lipinski definition) is 1. The fourth-order valence-electron chi connectivity index (χ4n) is 3.18. The molecule has 11 heteroatoms. The second-order valence-electron chi connectivity index (χ2n) is 7.39. The van der Waals surface area contributed by atoms with E-state index in [1.807, 2.05) is 24.3 Å². The van der Waals surface area contributed by atoms with E-state index in [4.69, 9.17) is 21.1 Å². The van der Waals surface area contributed by atoms with Crippen LogP contribution in [0.4, 0.5) is 5.69 Å². The van der Waals surface area contributed by atoms with Crippen molar-refractivity contribution in [3.8, 4) is 11.5 Å². The van der Waals surface area contributed by atoms with Crippen molar-refractivity contribution < 1.29 is 24.0 Å². The summed E-state index contributed by atoms with van der Waals surface area (Å²) in [5, 5.41) is 16.1. The molecule has 1 unspecified atom stereocenters. The quantitative estimate of drug-likeness (QED) is 0.105. The highest BCUT2D eigenvalue weighted by Gasteiger charge is 2.21. The number of benzene rings is 3. The number of nitro groups is 1. The van der Waals surface area contributed by atoms with Crippen molar-refractivity contribution in [3.05, 3.63) is 98.4 Å². The zero-order valence-electron chi connectivity index (χ0n) is 18.7. The first-order valence-corrected chi connectivity index (χ1v) is 11.8. The van der Waals surface area contributed by atoms with Gasteiger partial charge in [-0.05, 0) is 31.2 Å². The Morgan fingerprint density at radius 2 is 1.72 bits per heavy atom. The van der Waals surface area contributed by atoms with E-state index in [1.54, 1.807) is 30.3 Å². The minimum Gasteiger partial charge on any atom is -0.474 e. The number of hydrogen-bond acceptors (Lipinski definition) is 8. The number of halogens is 1. The van der Waals surface area contributed by atoms with Gasteiger partial charge in [0.2, 0.25) is 0 Å². The summed E-state index contributed by atoms with van der Waals surface area (Å²) in [7, 11) is 0. The molecule has 1 amide bonds. The van der Waals surface area contributed by atoms with Crippen LogP contribution in [0.3, 0.4) is 0 Å². The number of carbonyl (C=O) groups excluding carboxylic acids is 2. The number of amides is 1. The normalized spacial score (nSPS) is 11.8. The zero-order chi connectivity index (χ0) is 25.7. The molecule has 0 aliphatic rings. The molecule has 0 saturated heterocycles. The van der Waals surface area contributed by atoms with Gasteiger partial charge in [0.1, 0.15) is 10.6 Å². The molecule has 1 atom stereocenters. The molecule has 0 aliphatic heterocycles. The Kier molecular flexibility index (Phi) is 7.57. The Bertz CT molecular complexity index is 1490. The monoisotopic (exact) mass is 523 g/mol. The van der Waals surface area contributed by atoms with Crippen LogP contribution in [0.1, 0.15) is 22.2 Å². The molecule has 0 bridgehead atoms. The number of fused-ring (bicyclic) bond motifs is 1. The average molecular weight is 524 g/mol. The summed E-state index contributed by atoms with van der Waals surface area (Å²) in [5.74, 6) is -1.06.